The zero-order valence-corrected chi connectivity index (χ0v) is 16.4. The van der Waals surface area contributed by atoms with Crippen LogP contribution in [-0.4, -0.2) is 37.1 Å². The van der Waals surface area contributed by atoms with Gasteiger partial charge in [0.2, 0.25) is 11.8 Å². The summed E-state index contributed by atoms with van der Waals surface area (Å²) in [5.41, 5.74) is 0.935. The average molecular weight is 364 g/mol. The zero-order valence-electron chi connectivity index (χ0n) is 16.4. The van der Waals surface area contributed by atoms with Crippen LogP contribution in [-0.2, 0) is 16.1 Å². The van der Waals surface area contributed by atoms with Crippen molar-refractivity contribution in [3.63, 3.8) is 0 Å². The molecule has 1 atom stereocenters. The zero-order chi connectivity index (χ0) is 19.6. The van der Waals surface area contributed by atoms with Crippen molar-refractivity contribution >= 4 is 11.8 Å². The van der Waals surface area contributed by atoms with Gasteiger partial charge in [0.05, 0.1) is 0 Å². The molecule has 0 heterocycles. The lowest BCUT2D eigenvalue weighted by molar-refractivity contribution is -0.131. The van der Waals surface area contributed by atoms with Crippen LogP contribution in [0.2, 0.25) is 0 Å². The van der Waals surface area contributed by atoms with Crippen molar-refractivity contribution in [1.29, 1.82) is 0 Å². The van der Waals surface area contributed by atoms with E-state index in [-0.39, 0.29) is 17.6 Å². The van der Waals surface area contributed by atoms with Crippen molar-refractivity contribution in [2.45, 2.75) is 53.0 Å². The van der Waals surface area contributed by atoms with Crippen LogP contribution in [0.25, 0.3) is 0 Å². The summed E-state index contributed by atoms with van der Waals surface area (Å²) in [5, 5.41) is 19.0. The second-order valence-corrected chi connectivity index (χ2v) is 7.12. The summed E-state index contributed by atoms with van der Waals surface area (Å²) in [6.07, 6.45) is 3.26. The highest BCUT2D eigenvalue weighted by molar-refractivity contribution is 5.82. The number of phenols is 1. The molecule has 0 saturated heterocycles. The smallest absolute Gasteiger partial charge is 0.226 e. The molecular weight excluding hydrogens is 330 g/mol. The number of carbonyl (C=O) groups excluding carboxylic acids is 2. The molecule has 2 amide bonds. The number of phenolic OH excluding ortho intramolecular Hbond substituents is 1. The first-order valence-corrected chi connectivity index (χ1v) is 9.25. The van der Waals surface area contributed by atoms with E-state index in [9.17, 15) is 14.7 Å². The van der Waals surface area contributed by atoms with Gasteiger partial charge in [-0.05, 0) is 45.3 Å². The number of carbonyl (C=O) groups is 2. The molecule has 6 nitrogen and oxygen atoms in total. The van der Waals surface area contributed by atoms with Crippen LogP contribution in [0.5, 0.6) is 5.75 Å². The summed E-state index contributed by atoms with van der Waals surface area (Å²) >= 11 is 0. The predicted octanol–water partition coefficient (Wildman–Crippen LogP) is 2.24. The SMILES string of the molecule is CNCCCCC(C)(CCNC(C)=O)C(=O)NCc1cccc(C)c1O. The lowest BCUT2D eigenvalue weighted by Crippen LogP contribution is -2.41. The summed E-state index contributed by atoms with van der Waals surface area (Å²) < 4.78 is 0. The van der Waals surface area contributed by atoms with Crippen LogP contribution in [0.15, 0.2) is 18.2 Å². The minimum absolute atomic E-state index is 0.0479. The molecule has 0 bridgehead atoms. The van der Waals surface area contributed by atoms with Crippen molar-refractivity contribution < 1.29 is 14.7 Å². The van der Waals surface area contributed by atoms with Crippen LogP contribution in [0.3, 0.4) is 0 Å². The normalized spacial score (nSPS) is 13.1. The topological polar surface area (TPSA) is 90.5 Å². The fourth-order valence-corrected chi connectivity index (χ4v) is 2.93. The highest BCUT2D eigenvalue weighted by atomic mass is 16.3. The number of hydrogen-bond acceptors (Lipinski definition) is 4. The Morgan fingerprint density at radius 3 is 2.50 bits per heavy atom. The van der Waals surface area contributed by atoms with Crippen LogP contribution in [0.4, 0.5) is 0 Å². The molecule has 146 valence electrons. The first-order chi connectivity index (χ1) is 12.3. The van der Waals surface area contributed by atoms with Crippen LogP contribution in [0.1, 0.15) is 50.7 Å². The van der Waals surface area contributed by atoms with E-state index in [1.165, 1.54) is 6.92 Å². The van der Waals surface area contributed by atoms with E-state index in [2.05, 4.69) is 16.0 Å². The molecule has 6 heteroatoms. The number of benzene rings is 1. The summed E-state index contributed by atoms with van der Waals surface area (Å²) in [7, 11) is 1.91. The number of rotatable bonds is 11. The first kappa shape index (κ1) is 22.0. The second kappa shape index (κ2) is 10.8. The Hall–Kier alpha value is -2.08. The van der Waals surface area contributed by atoms with Crippen molar-refractivity contribution in [3.05, 3.63) is 29.3 Å². The monoisotopic (exact) mass is 363 g/mol. The van der Waals surface area contributed by atoms with Crippen molar-refractivity contribution in [2.75, 3.05) is 20.1 Å². The molecule has 0 radical (unpaired) electrons. The molecule has 1 aromatic carbocycles. The third-order valence-corrected chi connectivity index (χ3v) is 4.76. The maximum absolute atomic E-state index is 12.9. The van der Waals surface area contributed by atoms with Gasteiger partial charge in [-0.3, -0.25) is 9.59 Å². The molecular formula is C20H33N3O3. The summed E-state index contributed by atoms with van der Waals surface area (Å²) in [4.78, 5) is 24.0. The van der Waals surface area contributed by atoms with E-state index in [0.29, 0.717) is 25.1 Å². The number of nitrogens with one attached hydrogen (secondary N) is 3. The van der Waals surface area contributed by atoms with E-state index >= 15 is 0 Å². The number of hydrogen-bond donors (Lipinski definition) is 4. The molecule has 0 aromatic heterocycles. The summed E-state index contributed by atoms with van der Waals surface area (Å²) in [6, 6.07) is 5.51. The van der Waals surface area contributed by atoms with Crippen LogP contribution < -0.4 is 16.0 Å². The molecule has 0 spiro atoms. The van der Waals surface area contributed by atoms with Gasteiger partial charge >= 0.3 is 0 Å². The second-order valence-electron chi connectivity index (χ2n) is 7.12. The lowest BCUT2D eigenvalue weighted by Gasteiger charge is -2.29. The van der Waals surface area contributed by atoms with Gasteiger partial charge in [-0.2, -0.15) is 0 Å². The maximum atomic E-state index is 12.9. The van der Waals surface area contributed by atoms with Gasteiger partial charge in [0.1, 0.15) is 5.75 Å². The van der Waals surface area contributed by atoms with Gasteiger partial charge in [0.15, 0.2) is 0 Å². The molecule has 0 aliphatic heterocycles. The van der Waals surface area contributed by atoms with Gasteiger partial charge in [0, 0.05) is 31.0 Å². The minimum atomic E-state index is -0.560. The Balaban J connectivity index is 2.71. The first-order valence-electron chi connectivity index (χ1n) is 9.25. The third kappa shape index (κ3) is 7.04. The predicted molar refractivity (Wildman–Crippen MR) is 104 cm³/mol. The molecule has 0 aliphatic carbocycles. The van der Waals surface area contributed by atoms with E-state index in [1.807, 2.05) is 39.1 Å². The summed E-state index contributed by atoms with van der Waals surface area (Å²) in [5.74, 6) is 0.0857. The minimum Gasteiger partial charge on any atom is -0.507 e. The van der Waals surface area contributed by atoms with E-state index in [1.54, 1.807) is 0 Å². The molecule has 26 heavy (non-hydrogen) atoms. The van der Waals surface area contributed by atoms with Gasteiger partial charge in [-0.15, -0.1) is 0 Å². The highest BCUT2D eigenvalue weighted by Gasteiger charge is 2.32. The Morgan fingerprint density at radius 2 is 1.85 bits per heavy atom. The third-order valence-electron chi connectivity index (χ3n) is 4.76. The van der Waals surface area contributed by atoms with E-state index < -0.39 is 5.41 Å². The lowest BCUT2D eigenvalue weighted by atomic mass is 9.80. The van der Waals surface area contributed by atoms with Crippen molar-refractivity contribution in [1.82, 2.24) is 16.0 Å². The van der Waals surface area contributed by atoms with Gasteiger partial charge in [-0.25, -0.2) is 0 Å². The fraction of sp³-hybridized carbons (Fsp3) is 0.600. The van der Waals surface area contributed by atoms with Gasteiger partial charge in [-0.1, -0.05) is 31.5 Å². The number of unbranched alkanes of at least 4 members (excludes halogenated alkanes) is 1. The molecule has 1 unspecified atom stereocenters. The Morgan fingerprint density at radius 1 is 1.12 bits per heavy atom. The van der Waals surface area contributed by atoms with E-state index in [0.717, 1.165) is 31.4 Å². The van der Waals surface area contributed by atoms with Crippen LogP contribution in [0, 0.1) is 12.3 Å². The number of para-hydroxylation sites is 1. The number of aromatic hydroxyl groups is 1. The Bertz CT molecular complexity index is 604. The standard InChI is InChI=1S/C20H33N3O3/c1-15-8-7-9-17(18(15)25)14-23-19(26)20(3,10-5-6-12-21-4)11-13-22-16(2)24/h7-9,21,25H,5-6,10-14H2,1-4H3,(H,22,24)(H,23,26). The fourth-order valence-electron chi connectivity index (χ4n) is 2.93. The van der Waals surface area contributed by atoms with Gasteiger partial charge in [0.25, 0.3) is 0 Å². The molecule has 0 aliphatic rings. The number of aryl methyl sites for hydroxylation is 1. The van der Waals surface area contributed by atoms with Crippen LogP contribution >= 0.6 is 0 Å². The average Bonchev–Trinajstić information content (AvgIpc) is 2.59. The van der Waals surface area contributed by atoms with Crippen molar-refractivity contribution in [3.8, 4) is 5.75 Å². The highest BCUT2D eigenvalue weighted by Crippen LogP contribution is 2.29. The molecule has 1 rings (SSSR count). The van der Waals surface area contributed by atoms with Crippen molar-refractivity contribution in [2.24, 2.45) is 5.41 Å². The quantitative estimate of drug-likeness (QED) is 0.454. The maximum Gasteiger partial charge on any atom is 0.226 e. The van der Waals surface area contributed by atoms with Gasteiger partial charge < -0.3 is 21.1 Å². The Kier molecular flexibility index (Phi) is 9.13. The molecule has 1 aromatic rings. The molecule has 0 saturated carbocycles. The summed E-state index contributed by atoms with van der Waals surface area (Å²) in [6.45, 7) is 6.94. The Labute approximate surface area is 156 Å². The largest absolute Gasteiger partial charge is 0.507 e. The number of amides is 2. The molecule has 4 N–H and O–H groups in total. The van der Waals surface area contributed by atoms with E-state index in [4.69, 9.17) is 0 Å². The molecule has 0 fully saturated rings.